The highest BCUT2D eigenvalue weighted by Crippen LogP contribution is 2.08. The third kappa shape index (κ3) is 6.67. The summed E-state index contributed by atoms with van der Waals surface area (Å²) in [4.78, 5) is 4.61. The highest BCUT2D eigenvalue weighted by atomic mass is 35.5. The molecule has 0 saturated carbocycles. The van der Waals surface area contributed by atoms with Crippen LogP contribution in [-0.4, -0.2) is 30.1 Å². The highest BCUT2D eigenvalue weighted by Gasteiger charge is 2.06. The van der Waals surface area contributed by atoms with Crippen molar-refractivity contribution >= 4 is 12.4 Å². The first-order valence-corrected chi connectivity index (χ1v) is 5.95. The van der Waals surface area contributed by atoms with Crippen molar-refractivity contribution in [1.29, 1.82) is 0 Å². The Labute approximate surface area is 101 Å². The molecule has 0 aromatic heterocycles. The van der Waals surface area contributed by atoms with Gasteiger partial charge in [0, 0.05) is 26.0 Å². The second kappa shape index (κ2) is 8.90. The van der Waals surface area contributed by atoms with Crippen molar-refractivity contribution in [2.45, 2.75) is 45.4 Å². The number of rotatable bonds is 7. The minimum absolute atomic E-state index is 0. The maximum Gasteiger partial charge on any atom is 0.0890 e. The van der Waals surface area contributed by atoms with Gasteiger partial charge in [-0.3, -0.25) is 0 Å². The number of nitrogens with zero attached hydrogens (tertiary/aromatic N) is 2. The van der Waals surface area contributed by atoms with Crippen molar-refractivity contribution in [1.82, 2.24) is 9.80 Å². The van der Waals surface area contributed by atoms with E-state index in [2.05, 4.69) is 36.2 Å². The normalized spacial score (nSPS) is 14.5. The lowest BCUT2D eigenvalue weighted by atomic mass is 10.1. The van der Waals surface area contributed by atoms with Crippen LogP contribution in [0, 0.1) is 0 Å². The monoisotopic (exact) mass is 232 g/mol. The predicted molar refractivity (Wildman–Crippen MR) is 69.1 cm³/mol. The second-order valence-corrected chi connectivity index (χ2v) is 4.28. The molecule has 0 atom stereocenters. The van der Waals surface area contributed by atoms with E-state index in [4.69, 9.17) is 0 Å². The molecular formula is C12H25ClN2. The first-order chi connectivity index (χ1) is 6.83. The van der Waals surface area contributed by atoms with Gasteiger partial charge in [-0.2, -0.15) is 0 Å². The standard InChI is InChI=1S/C12H24N2.ClH/c1-3-4-5-6-7-8-9-14-11-10-13(2)12-14;/h10-11H,3-9,12H2,1-2H3;1H. The Kier molecular flexibility index (Phi) is 8.68. The molecule has 0 spiro atoms. The largest absolute Gasteiger partial charge is 0.362 e. The molecule has 15 heavy (non-hydrogen) atoms. The van der Waals surface area contributed by atoms with Gasteiger partial charge >= 0.3 is 0 Å². The van der Waals surface area contributed by atoms with Gasteiger partial charge in [-0.05, 0) is 6.42 Å². The summed E-state index contributed by atoms with van der Waals surface area (Å²) in [5.74, 6) is 0. The van der Waals surface area contributed by atoms with Crippen molar-refractivity contribution in [2.75, 3.05) is 20.3 Å². The van der Waals surface area contributed by atoms with Crippen LogP contribution in [0.5, 0.6) is 0 Å². The van der Waals surface area contributed by atoms with E-state index in [0.717, 1.165) is 6.67 Å². The topological polar surface area (TPSA) is 6.48 Å². The van der Waals surface area contributed by atoms with Crippen LogP contribution in [-0.2, 0) is 0 Å². The Balaban J connectivity index is 0.00000196. The molecule has 1 heterocycles. The lowest BCUT2D eigenvalue weighted by Crippen LogP contribution is -2.23. The maximum absolute atomic E-state index is 2.39. The molecule has 0 aliphatic carbocycles. The summed E-state index contributed by atoms with van der Waals surface area (Å²) in [5.41, 5.74) is 0. The van der Waals surface area contributed by atoms with Crippen molar-refractivity contribution in [3.63, 3.8) is 0 Å². The summed E-state index contributed by atoms with van der Waals surface area (Å²) in [6.07, 6.45) is 12.7. The molecule has 0 radical (unpaired) electrons. The maximum atomic E-state index is 2.39. The van der Waals surface area contributed by atoms with E-state index in [1.807, 2.05) is 0 Å². The van der Waals surface area contributed by atoms with Crippen LogP contribution < -0.4 is 0 Å². The fraction of sp³-hybridized carbons (Fsp3) is 0.833. The summed E-state index contributed by atoms with van der Waals surface area (Å²) >= 11 is 0. The van der Waals surface area contributed by atoms with Crippen LogP contribution in [0.2, 0.25) is 0 Å². The Morgan fingerprint density at radius 3 is 2.27 bits per heavy atom. The molecule has 3 heteroatoms. The van der Waals surface area contributed by atoms with E-state index in [-0.39, 0.29) is 12.4 Å². The molecule has 0 unspecified atom stereocenters. The van der Waals surface area contributed by atoms with Gasteiger partial charge in [-0.25, -0.2) is 0 Å². The van der Waals surface area contributed by atoms with Crippen molar-refractivity contribution < 1.29 is 0 Å². The number of halogens is 1. The lowest BCUT2D eigenvalue weighted by molar-refractivity contribution is 0.290. The third-order valence-corrected chi connectivity index (χ3v) is 2.74. The fourth-order valence-corrected chi connectivity index (χ4v) is 1.83. The Hall–Kier alpha value is -0.370. The summed E-state index contributed by atoms with van der Waals surface area (Å²) < 4.78 is 0. The van der Waals surface area contributed by atoms with Crippen molar-refractivity contribution in [3.8, 4) is 0 Å². The number of hydrogen-bond acceptors (Lipinski definition) is 2. The highest BCUT2D eigenvalue weighted by molar-refractivity contribution is 5.85. The molecule has 2 nitrogen and oxygen atoms in total. The van der Waals surface area contributed by atoms with E-state index in [1.165, 1.54) is 45.1 Å². The molecule has 0 aromatic carbocycles. The summed E-state index contributed by atoms with van der Waals surface area (Å²) in [7, 11) is 2.12. The summed E-state index contributed by atoms with van der Waals surface area (Å²) in [6.45, 7) is 4.58. The van der Waals surface area contributed by atoms with E-state index in [1.54, 1.807) is 0 Å². The Morgan fingerprint density at radius 2 is 1.67 bits per heavy atom. The van der Waals surface area contributed by atoms with Crippen LogP contribution in [0.4, 0.5) is 0 Å². The van der Waals surface area contributed by atoms with Crippen LogP contribution in [0.1, 0.15) is 45.4 Å². The number of hydrogen-bond donors (Lipinski definition) is 0. The minimum atomic E-state index is 0. The van der Waals surface area contributed by atoms with Gasteiger partial charge in [0.25, 0.3) is 0 Å². The van der Waals surface area contributed by atoms with Gasteiger partial charge in [-0.15, -0.1) is 12.4 Å². The average Bonchev–Trinajstić information content (AvgIpc) is 2.58. The molecule has 0 amide bonds. The molecule has 1 aliphatic heterocycles. The zero-order valence-electron chi connectivity index (χ0n) is 10.1. The molecule has 0 N–H and O–H groups in total. The Morgan fingerprint density at radius 1 is 1.00 bits per heavy atom. The van der Waals surface area contributed by atoms with Gasteiger partial charge in [0.2, 0.25) is 0 Å². The molecule has 0 saturated heterocycles. The van der Waals surface area contributed by atoms with Gasteiger partial charge in [-0.1, -0.05) is 39.0 Å². The lowest BCUT2D eigenvalue weighted by Gasteiger charge is -2.17. The number of unbranched alkanes of at least 4 members (excludes halogenated alkanes) is 5. The van der Waals surface area contributed by atoms with Crippen molar-refractivity contribution in [2.24, 2.45) is 0 Å². The van der Waals surface area contributed by atoms with Gasteiger partial charge in [0.05, 0.1) is 6.67 Å². The SMILES string of the molecule is CCCCCCCCN1C=CN(C)C1.Cl. The van der Waals surface area contributed by atoms with E-state index >= 15 is 0 Å². The zero-order valence-corrected chi connectivity index (χ0v) is 10.9. The van der Waals surface area contributed by atoms with Gasteiger partial charge < -0.3 is 9.80 Å². The van der Waals surface area contributed by atoms with Crippen LogP contribution in [0.25, 0.3) is 0 Å². The fourth-order valence-electron chi connectivity index (χ4n) is 1.83. The first-order valence-electron chi connectivity index (χ1n) is 5.95. The van der Waals surface area contributed by atoms with Gasteiger partial charge in [0.15, 0.2) is 0 Å². The van der Waals surface area contributed by atoms with Crippen LogP contribution >= 0.6 is 12.4 Å². The van der Waals surface area contributed by atoms with Crippen LogP contribution in [0.3, 0.4) is 0 Å². The first kappa shape index (κ1) is 14.6. The molecule has 0 bridgehead atoms. The molecule has 0 fully saturated rings. The summed E-state index contributed by atoms with van der Waals surface area (Å²) in [6, 6.07) is 0. The average molecular weight is 233 g/mol. The van der Waals surface area contributed by atoms with E-state index in [9.17, 15) is 0 Å². The smallest absolute Gasteiger partial charge is 0.0890 e. The Bertz CT molecular complexity index is 171. The zero-order chi connectivity index (χ0) is 10.2. The second-order valence-electron chi connectivity index (χ2n) is 4.28. The predicted octanol–water partition coefficient (Wildman–Crippen LogP) is 3.44. The van der Waals surface area contributed by atoms with E-state index < -0.39 is 0 Å². The molecule has 1 rings (SSSR count). The van der Waals surface area contributed by atoms with Gasteiger partial charge in [0.1, 0.15) is 0 Å². The molecule has 1 aliphatic rings. The summed E-state index contributed by atoms with van der Waals surface area (Å²) in [5, 5.41) is 0. The molecular weight excluding hydrogens is 208 g/mol. The minimum Gasteiger partial charge on any atom is -0.362 e. The third-order valence-electron chi connectivity index (χ3n) is 2.74. The quantitative estimate of drug-likeness (QED) is 0.621. The van der Waals surface area contributed by atoms with Crippen molar-refractivity contribution in [3.05, 3.63) is 12.4 Å². The molecule has 90 valence electrons. The van der Waals surface area contributed by atoms with E-state index in [0.29, 0.717) is 0 Å². The molecule has 0 aromatic rings. The van der Waals surface area contributed by atoms with Crippen LogP contribution in [0.15, 0.2) is 12.4 Å².